The molecular formula is C29H35F3N6O4. The first-order valence-corrected chi connectivity index (χ1v) is 14.2. The van der Waals surface area contributed by atoms with Gasteiger partial charge in [0.15, 0.2) is 22.9 Å². The predicted molar refractivity (Wildman–Crippen MR) is 152 cm³/mol. The number of carbonyl (C=O) groups excluding carboxylic acids is 1. The lowest BCUT2D eigenvalue weighted by molar-refractivity contribution is 0.0434. The average molecular weight is 589 g/mol. The van der Waals surface area contributed by atoms with Crippen molar-refractivity contribution in [3.8, 4) is 5.75 Å². The van der Waals surface area contributed by atoms with Crippen LogP contribution in [0.5, 0.6) is 5.75 Å². The number of likely N-dealkylation sites (tertiary alicyclic amines) is 1. The second kappa shape index (κ2) is 12.6. The average Bonchev–Trinajstić information content (AvgIpc) is 3.00. The fourth-order valence-electron chi connectivity index (χ4n) is 5.72. The summed E-state index contributed by atoms with van der Waals surface area (Å²) in [5.74, 6) is -4.23. The fraction of sp³-hybridized carbons (Fsp3) is 0.517. The molecule has 2 saturated heterocycles. The van der Waals surface area contributed by atoms with Crippen LogP contribution >= 0.6 is 0 Å². The Balaban J connectivity index is 1.47. The third kappa shape index (κ3) is 5.49. The van der Waals surface area contributed by atoms with E-state index in [0.717, 1.165) is 30.5 Å². The number of aromatic nitrogens is 3. The standard InChI is InChI=1S/C29H35F3N6O4/c1-4-38-23-19(25(39)20(27(38)32)28(40)42-17-16-35-10-6-18(2)7-11-35)21(30)22(31)24(26(23)41-3)36-12-14-37(15-13-36)29-33-8-5-9-34-29/h5,8-9,18H,4,6-7,10-17H2,1-3H3. The van der Waals surface area contributed by atoms with Gasteiger partial charge in [0.05, 0.1) is 12.5 Å². The highest BCUT2D eigenvalue weighted by molar-refractivity contribution is 5.98. The highest BCUT2D eigenvalue weighted by Crippen LogP contribution is 2.41. The minimum Gasteiger partial charge on any atom is -0.492 e. The topological polar surface area (TPSA) is 93.0 Å². The highest BCUT2D eigenvalue weighted by Gasteiger charge is 2.34. The molecule has 0 unspecified atom stereocenters. The van der Waals surface area contributed by atoms with Gasteiger partial charge in [-0.1, -0.05) is 6.92 Å². The lowest BCUT2D eigenvalue weighted by Crippen LogP contribution is -2.47. The first-order chi connectivity index (χ1) is 20.3. The van der Waals surface area contributed by atoms with E-state index in [4.69, 9.17) is 9.47 Å². The van der Waals surface area contributed by atoms with Crippen molar-refractivity contribution in [2.24, 2.45) is 5.92 Å². The van der Waals surface area contributed by atoms with Gasteiger partial charge in [-0.05, 0) is 44.8 Å². The fourth-order valence-corrected chi connectivity index (χ4v) is 5.72. The van der Waals surface area contributed by atoms with Crippen LogP contribution < -0.4 is 20.0 Å². The van der Waals surface area contributed by atoms with Crippen molar-refractivity contribution in [2.75, 3.05) is 69.3 Å². The molecule has 0 radical (unpaired) electrons. The van der Waals surface area contributed by atoms with Gasteiger partial charge < -0.3 is 23.8 Å². The van der Waals surface area contributed by atoms with Crippen LogP contribution in [0.4, 0.5) is 24.8 Å². The van der Waals surface area contributed by atoms with Gasteiger partial charge in [0.1, 0.15) is 17.8 Å². The molecule has 0 spiro atoms. The van der Waals surface area contributed by atoms with Gasteiger partial charge in [-0.3, -0.25) is 9.69 Å². The highest BCUT2D eigenvalue weighted by atomic mass is 19.2. The van der Waals surface area contributed by atoms with Gasteiger partial charge in [-0.15, -0.1) is 0 Å². The maximum atomic E-state index is 15.8. The molecule has 1 aromatic carbocycles. The molecule has 2 aromatic heterocycles. The third-order valence-corrected chi connectivity index (χ3v) is 8.13. The number of halogens is 3. The number of ether oxygens (including phenoxy) is 2. The van der Waals surface area contributed by atoms with Gasteiger partial charge >= 0.3 is 5.97 Å². The maximum absolute atomic E-state index is 15.8. The summed E-state index contributed by atoms with van der Waals surface area (Å²) >= 11 is 0. The number of fused-ring (bicyclic) bond motifs is 1. The van der Waals surface area contributed by atoms with E-state index in [2.05, 4.69) is 21.8 Å². The van der Waals surface area contributed by atoms with Crippen LogP contribution in [0.1, 0.15) is 37.0 Å². The van der Waals surface area contributed by atoms with Crippen LogP contribution in [0, 0.1) is 23.5 Å². The number of nitrogens with zero attached hydrogens (tertiary/aromatic N) is 6. The second-order valence-corrected chi connectivity index (χ2v) is 10.7. The zero-order valence-corrected chi connectivity index (χ0v) is 24.0. The Kier molecular flexibility index (Phi) is 8.85. The van der Waals surface area contributed by atoms with Crippen LogP contribution in [0.3, 0.4) is 0 Å². The summed E-state index contributed by atoms with van der Waals surface area (Å²) in [6.07, 6.45) is 5.29. The molecule has 2 fully saturated rings. The SMILES string of the molecule is CCn1c(F)c(C(=O)OCCN2CCC(C)CC2)c(=O)c2c(F)c(F)c(N3CCN(c4ncccn4)CC3)c(OC)c21. The molecule has 42 heavy (non-hydrogen) atoms. The third-order valence-electron chi connectivity index (χ3n) is 8.13. The number of pyridine rings is 1. The Morgan fingerprint density at radius 2 is 1.64 bits per heavy atom. The predicted octanol–water partition coefficient (Wildman–Crippen LogP) is 3.45. The number of piperidine rings is 1. The number of rotatable bonds is 8. The number of hydrogen-bond acceptors (Lipinski definition) is 9. The lowest BCUT2D eigenvalue weighted by atomic mass is 9.99. The van der Waals surface area contributed by atoms with Crippen molar-refractivity contribution < 1.29 is 27.4 Å². The number of esters is 1. The zero-order valence-electron chi connectivity index (χ0n) is 24.0. The van der Waals surface area contributed by atoms with E-state index >= 15 is 13.2 Å². The van der Waals surface area contributed by atoms with Crippen LogP contribution in [0.15, 0.2) is 23.3 Å². The molecule has 0 aliphatic carbocycles. The van der Waals surface area contributed by atoms with E-state index in [1.54, 1.807) is 30.3 Å². The van der Waals surface area contributed by atoms with E-state index in [1.165, 1.54) is 7.11 Å². The molecule has 3 aromatic rings. The van der Waals surface area contributed by atoms with Crippen LogP contribution in [-0.2, 0) is 11.3 Å². The molecule has 0 N–H and O–H groups in total. The van der Waals surface area contributed by atoms with Gasteiger partial charge in [0.25, 0.3) is 0 Å². The first-order valence-electron chi connectivity index (χ1n) is 14.2. The lowest BCUT2D eigenvalue weighted by Gasteiger charge is -2.37. The Morgan fingerprint density at radius 3 is 2.26 bits per heavy atom. The van der Waals surface area contributed by atoms with Gasteiger partial charge in [-0.2, -0.15) is 4.39 Å². The summed E-state index contributed by atoms with van der Waals surface area (Å²) in [5, 5.41) is -0.760. The smallest absolute Gasteiger partial charge is 0.346 e. The molecule has 0 amide bonds. The Morgan fingerprint density at radius 1 is 1.00 bits per heavy atom. The van der Waals surface area contributed by atoms with Gasteiger partial charge in [0.2, 0.25) is 17.3 Å². The summed E-state index contributed by atoms with van der Waals surface area (Å²) in [7, 11) is 1.25. The van der Waals surface area contributed by atoms with Gasteiger partial charge in [-0.25, -0.2) is 23.5 Å². The number of methoxy groups -OCH3 is 1. The summed E-state index contributed by atoms with van der Waals surface area (Å²) in [6.45, 7) is 7.07. The number of aryl methyl sites for hydroxylation is 1. The molecule has 10 nitrogen and oxygen atoms in total. The van der Waals surface area contributed by atoms with Crippen molar-refractivity contribution in [1.29, 1.82) is 0 Å². The minimum absolute atomic E-state index is 0.0602. The van der Waals surface area contributed by atoms with E-state index in [0.29, 0.717) is 31.5 Å². The Labute approximate surface area is 241 Å². The van der Waals surface area contributed by atoms with E-state index in [1.807, 2.05) is 4.90 Å². The molecule has 5 rings (SSSR count). The number of anilines is 2. The molecule has 0 bridgehead atoms. The molecule has 0 saturated carbocycles. The summed E-state index contributed by atoms with van der Waals surface area (Å²) in [5.41, 5.74) is -2.72. The van der Waals surface area contributed by atoms with Crippen LogP contribution in [0.2, 0.25) is 0 Å². The van der Waals surface area contributed by atoms with Crippen molar-refractivity contribution in [1.82, 2.24) is 19.4 Å². The van der Waals surface area contributed by atoms with Crippen LogP contribution in [-0.4, -0.2) is 84.9 Å². The number of benzene rings is 1. The number of piperazine rings is 1. The number of carbonyl (C=O) groups is 1. The molecule has 2 aliphatic heterocycles. The summed E-state index contributed by atoms with van der Waals surface area (Å²) < 4.78 is 59.1. The first kappa shape index (κ1) is 29.6. The van der Waals surface area contributed by atoms with E-state index in [9.17, 15) is 9.59 Å². The van der Waals surface area contributed by atoms with Crippen molar-refractivity contribution in [2.45, 2.75) is 33.2 Å². The van der Waals surface area contributed by atoms with Gasteiger partial charge in [0, 0.05) is 51.7 Å². The molecule has 226 valence electrons. The molecule has 13 heteroatoms. The van der Waals surface area contributed by atoms with Crippen molar-refractivity contribution >= 4 is 28.5 Å². The zero-order chi connectivity index (χ0) is 30.0. The minimum atomic E-state index is -1.47. The van der Waals surface area contributed by atoms with E-state index < -0.39 is 39.9 Å². The van der Waals surface area contributed by atoms with E-state index in [-0.39, 0.29) is 43.2 Å². The monoisotopic (exact) mass is 588 g/mol. The Bertz CT molecular complexity index is 1500. The van der Waals surface area contributed by atoms with Crippen molar-refractivity contribution in [3.05, 3.63) is 51.8 Å². The molecule has 4 heterocycles. The summed E-state index contributed by atoms with van der Waals surface area (Å²) in [6, 6.07) is 1.70. The largest absolute Gasteiger partial charge is 0.492 e. The summed E-state index contributed by atoms with van der Waals surface area (Å²) in [4.78, 5) is 40.5. The normalized spacial score (nSPS) is 16.7. The Hall–Kier alpha value is -3.87. The van der Waals surface area contributed by atoms with Crippen molar-refractivity contribution in [3.63, 3.8) is 0 Å². The second-order valence-electron chi connectivity index (χ2n) is 10.7. The quantitative estimate of drug-likeness (QED) is 0.290. The maximum Gasteiger partial charge on any atom is 0.346 e. The molecule has 0 atom stereocenters. The molecular weight excluding hydrogens is 553 g/mol. The number of hydrogen-bond donors (Lipinski definition) is 0. The van der Waals surface area contributed by atoms with Crippen LogP contribution in [0.25, 0.3) is 10.9 Å². The molecule has 2 aliphatic rings.